The molecule has 7 heteroatoms. The van der Waals surface area contributed by atoms with E-state index in [2.05, 4.69) is 129 Å². The number of aliphatic hydroxyl groups is 1. The van der Waals surface area contributed by atoms with Gasteiger partial charge in [0.05, 0.1) is 12.7 Å². The smallest absolute Gasteiger partial charge is 0.261 e. The monoisotopic (exact) mass is 620 g/mol. The Morgan fingerprint density at radius 3 is 1.72 bits per heavy atom. The van der Waals surface area contributed by atoms with E-state index < -0.39 is 16.6 Å². The largest absolute Gasteiger partial charge is 0.454 e. The van der Waals surface area contributed by atoms with E-state index in [1.165, 1.54) is 10.4 Å². The molecule has 0 amide bonds. The predicted octanol–water partition coefficient (Wildman–Crippen LogP) is 7.83. The van der Waals surface area contributed by atoms with E-state index in [4.69, 9.17) is 18.3 Å². The molecule has 0 saturated carbocycles. The van der Waals surface area contributed by atoms with Gasteiger partial charge in [0.1, 0.15) is 0 Å². The van der Waals surface area contributed by atoms with Crippen molar-refractivity contribution < 1.29 is 23.4 Å². The summed E-state index contributed by atoms with van der Waals surface area (Å²) in [6.45, 7) is 21.2. The molecule has 234 valence electrons. The van der Waals surface area contributed by atoms with Crippen LogP contribution in [0, 0.1) is 5.92 Å². The molecule has 0 spiro atoms. The summed E-state index contributed by atoms with van der Waals surface area (Å²) in [7, 11) is -5.16. The minimum atomic E-state index is -2.82. The quantitative estimate of drug-likeness (QED) is 0.197. The molecular formula is C36H52O5Si2. The fourth-order valence-electron chi connectivity index (χ4n) is 7.38. The molecule has 0 fully saturated rings. The van der Waals surface area contributed by atoms with Crippen LogP contribution in [0.1, 0.15) is 74.0 Å². The van der Waals surface area contributed by atoms with Crippen LogP contribution in [0.15, 0.2) is 78.9 Å². The van der Waals surface area contributed by atoms with Crippen LogP contribution < -0.4 is 19.8 Å². The van der Waals surface area contributed by atoms with Crippen LogP contribution in [0.25, 0.3) is 0 Å². The molecule has 0 saturated heterocycles. The Labute approximate surface area is 261 Å². The molecule has 0 radical (unpaired) electrons. The van der Waals surface area contributed by atoms with Crippen molar-refractivity contribution >= 4 is 27.0 Å². The molecule has 3 aromatic rings. The first-order valence-corrected chi connectivity index (χ1v) is 19.9. The van der Waals surface area contributed by atoms with Crippen molar-refractivity contribution in [3.05, 3.63) is 84.4 Å². The zero-order valence-electron chi connectivity index (χ0n) is 27.6. The van der Waals surface area contributed by atoms with E-state index in [1.807, 2.05) is 12.1 Å². The highest BCUT2D eigenvalue weighted by Crippen LogP contribution is 2.48. The Kier molecular flexibility index (Phi) is 10.7. The maximum atomic E-state index is 11.1. The van der Waals surface area contributed by atoms with Gasteiger partial charge >= 0.3 is 0 Å². The number of rotatable bonds is 13. The maximum absolute atomic E-state index is 11.1. The van der Waals surface area contributed by atoms with Crippen LogP contribution >= 0.6 is 0 Å². The Morgan fingerprint density at radius 2 is 1.26 bits per heavy atom. The molecule has 0 bridgehead atoms. The van der Waals surface area contributed by atoms with Crippen molar-refractivity contribution in [2.75, 3.05) is 20.0 Å². The highest BCUT2D eigenvalue weighted by Gasteiger charge is 2.52. The van der Waals surface area contributed by atoms with Crippen molar-refractivity contribution in [3.8, 4) is 11.5 Å². The Bertz CT molecular complexity index is 1240. The van der Waals surface area contributed by atoms with Crippen LogP contribution in [0.5, 0.6) is 11.5 Å². The summed E-state index contributed by atoms with van der Waals surface area (Å²) in [6.07, 6.45) is -0.364. The summed E-state index contributed by atoms with van der Waals surface area (Å²) in [5.74, 6) is 1.18. The maximum Gasteiger partial charge on any atom is 0.261 e. The van der Waals surface area contributed by atoms with Crippen LogP contribution in [-0.4, -0.2) is 41.7 Å². The van der Waals surface area contributed by atoms with E-state index >= 15 is 0 Å². The highest BCUT2D eigenvalue weighted by atomic mass is 28.4. The van der Waals surface area contributed by atoms with E-state index in [0.717, 1.165) is 17.1 Å². The lowest BCUT2D eigenvalue weighted by Gasteiger charge is -2.47. The van der Waals surface area contributed by atoms with Gasteiger partial charge in [-0.15, -0.1) is 0 Å². The van der Waals surface area contributed by atoms with Gasteiger partial charge in [0.2, 0.25) is 15.1 Å². The molecular weight excluding hydrogens is 569 g/mol. The summed E-state index contributed by atoms with van der Waals surface area (Å²) in [4.78, 5) is 0. The first-order chi connectivity index (χ1) is 20.4. The lowest BCUT2D eigenvalue weighted by molar-refractivity contribution is 0.0395. The summed E-state index contributed by atoms with van der Waals surface area (Å²) < 4.78 is 26.3. The molecule has 5 nitrogen and oxygen atoms in total. The van der Waals surface area contributed by atoms with E-state index in [0.29, 0.717) is 23.2 Å². The molecule has 1 aliphatic heterocycles. The van der Waals surface area contributed by atoms with E-state index in [1.54, 1.807) is 0 Å². The number of fused-ring (bicyclic) bond motifs is 1. The van der Waals surface area contributed by atoms with Gasteiger partial charge in [-0.2, -0.15) is 0 Å². The van der Waals surface area contributed by atoms with Gasteiger partial charge in [-0.3, -0.25) is 0 Å². The standard InChI is InChI=1S/C36H52O5Si2/c1-26(2)42(27(3)4,28(5)6)41-35(29-20-21-33-34(22-29)39-25-38-33)30(23-37)24-40-43(36(7,8)9,31-16-12-10-13-17-31)32-18-14-11-15-19-32/h10-22,26-28,30,35,37H,23-25H2,1-9H3/t30-,35-/m1/s1. The molecule has 1 aliphatic rings. The minimum Gasteiger partial charge on any atom is -0.454 e. The molecule has 4 rings (SSSR count). The van der Waals surface area contributed by atoms with Gasteiger partial charge < -0.3 is 23.4 Å². The molecule has 0 aromatic heterocycles. The third kappa shape index (κ3) is 6.52. The second kappa shape index (κ2) is 13.7. The summed E-state index contributed by atoms with van der Waals surface area (Å²) >= 11 is 0. The zero-order chi connectivity index (χ0) is 31.4. The zero-order valence-corrected chi connectivity index (χ0v) is 29.6. The van der Waals surface area contributed by atoms with Crippen molar-refractivity contribution in [3.63, 3.8) is 0 Å². The predicted molar refractivity (Wildman–Crippen MR) is 182 cm³/mol. The average Bonchev–Trinajstić information content (AvgIpc) is 3.44. The molecule has 3 aromatic carbocycles. The van der Waals surface area contributed by atoms with Crippen molar-refractivity contribution in [1.82, 2.24) is 0 Å². The van der Waals surface area contributed by atoms with Crippen molar-refractivity contribution in [2.24, 2.45) is 5.92 Å². The normalized spacial score (nSPS) is 15.4. The lowest BCUT2D eigenvalue weighted by Crippen LogP contribution is -2.67. The van der Waals surface area contributed by atoms with Gasteiger partial charge in [-0.05, 0) is 49.7 Å². The van der Waals surface area contributed by atoms with Gasteiger partial charge in [0.25, 0.3) is 8.32 Å². The number of aliphatic hydroxyl groups excluding tert-OH is 1. The van der Waals surface area contributed by atoms with Crippen LogP contribution in [0.3, 0.4) is 0 Å². The van der Waals surface area contributed by atoms with Gasteiger partial charge in [0, 0.05) is 12.5 Å². The Hall–Kier alpha value is -2.43. The topological polar surface area (TPSA) is 57.2 Å². The van der Waals surface area contributed by atoms with Gasteiger partial charge in [-0.25, -0.2) is 0 Å². The minimum absolute atomic E-state index is 0.0594. The third-order valence-electron chi connectivity index (χ3n) is 9.36. The van der Waals surface area contributed by atoms with Gasteiger partial charge in [-0.1, -0.05) is 129 Å². The fraction of sp³-hybridized carbons (Fsp3) is 0.500. The Balaban J connectivity index is 1.83. The van der Waals surface area contributed by atoms with Crippen molar-refractivity contribution in [2.45, 2.75) is 90.1 Å². The van der Waals surface area contributed by atoms with E-state index in [-0.39, 0.29) is 30.5 Å². The number of benzene rings is 3. The molecule has 2 atom stereocenters. The van der Waals surface area contributed by atoms with Gasteiger partial charge in [0.15, 0.2) is 11.5 Å². The molecule has 1 heterocycles. The Morgan fingerprint density at radius 1 is 0.744 bits per heavy atom. The number of hydrogen-bond acceptors (Lipinski definition) is 5. The summed E-state index contributed by atoms with van der Waals surface area (Å²) in [5, 5.41) is 13.4. The second-order valence-corrected chi connectivity index (χ2v) is 23.6. The van der Waals surface area contributed by atoms with E-state index in [9.17, 15) is 5.11 Å². The number of hydrogen-bond donors (Lipinski definition) is 1. The molecule has 43 heavy (non-hydrogen) atoms. The molecule has 0 aliphatic carbocycles. The summed E-state index contributed by atoms with van der Waals surface area (Å²) in [6, 6.07) is 27.4. The number of ether oxygens (including phenoxy) is 2. The first kappa shape index (κ1) is 33.5. The fourth-order valence-corrected chi connectivity index (χ4v) is 17.6. The highest BCUT2D eigenvalue weighted by molar-refractivity contribution is 6.99. The van der Waals surface area contributed by atoms with Crippen LogP contribution in [0.4, 0.5) is 0 Å². The molecule has 0 unspecified atom stereocenters. The third-order valence-corrected chi connectivity index (χ3v) is 20.4. The van der Waals surface area contributed by atoms with Crippen molar-refractivity contribution in [1.29, 1.82) is 0 Å². The molecule has 1 N–H and O–H groups in total. The SMILES string of the molecule is CC(C)[Si](O[C@H](c1ccc2c(c1)OCO2)[C@H](CO)CO[Si](c1ccccc1)(c1ccccc1)C(C)(C)C)(C(C)C)C(C)C. The first-order valence-electron chi connectivity index (χ1n) is 15.8. The van der Waals surface area contributed by atoms with Crippen LogP contribution in [0.2, 0.25) is 21.7 Å². The summed E-state index contributed by atoms with van der Waals surface area (Å²) in [5.41, 5.74) is 2.16. The lowest BCUT2D eigenvalue weighted by atomic mass is 9.97. The van der Waals surface area contributed by atoms with Crippen LogP contribution in [-0.2, 0) is 8.85 Å². The second-order valence-electron chi connectivity index (χ2n) is 13.9. The average molecular weight is 621 g/mol.